The zero-order valence-electron chi connectivity index (χ0n) is 10.0. The van der Waals surface area contributed by atoms with Crippen LogP contribution in [0.25, 0.3) is 0 Å². The Balaban J connectivity index is 2.28. The Hall–Kier alpha value is -1.62. The third kappa shape index (κ3) is 2.24. The van der Waals surface area contributed by atoms with Crippen molar-refractivity contribution in [3.05, 3.63) is 24.0 Å². The summed E-state index contributed by atoms with van der Waals surface area (Å²) in [6.45, 7) is 5.46. The van der Waals surface area contributed by atoms with Gasteiger partial charge in [0.25, 0.3) is 5.91 Å². The smallest absolute Gasteiger partial charge is 0.258 e. The van der Waals surface area contributed by atoms with Crippen molar-refractivity contribution in [1.82, 2.24) is 9.88 Å². The van der Waals surface area contributed by atoms with Crippen LogP contribution in [-0.2, 0) is 4.74 Å². The predicted octanol–water partition coefficient (Wildman–Crippen LogP) is 1.04. The molecule has 0 saturated carbocycles. The van der Waals surface area contributed by atoms with E-state index in [-0.39, 0.29) is 22.8 Å². The molecule has 1 aromatic rings. The van der Waals surface area contributed by atoms with Crippen molar-refractivity contribution in [3.63, 3.8) is 0 Å². The maximum atomic E-state index is 12.3. The molecule has 1 N–H and O–H groups in total. The standard InChI is InChI=1S/C12H16N2O3/c1-12(2)8-17-6-5-14(12)11(16)9-3-4-13-7-10(9)15/h3-4,7,15H,5-6,8H2,1-2H3. The monoisotopic (exact) mass is 236 g/mol. The second-order valence-corrected chi connectivity index (χ2v) is 4.71. The number of pyridine rings is 1. The fraction of sp³-hybridized carbons (Fsp3) is 0.500. The van der Waals surface area contributed by atoms with Crippen molar-refractivity contribution in [1.29, 1.82) is 0 Å². The van der Waals surface area contributed by atoms with Crippen LogP contribution in [0.3, 0.4) is 0 Å². The Kier molecular flexibility index (Phi) is 3.02. The number of carbonyl (C=O) groups is 1. The highest BCUT2D eigenvalue weighted by Gasteiger charge is 2.35. The molecule has 5 nitrogen and oxygen atoms in total. The molecule has 1 fully saturated rings. The number of aromatic nitrogens is 1. The molecule has 1 saturated heterocycles. The van der Waals surface area contributed by atoms with Crippen LogP contribution in [0, 0.1) is 0 Å². The van der Waals surface area contributed by atoms with E-state index in [4.69, 9.17) is 4.74 Å². The minimum atomic E-state index is -0.356. The first kappa shape index (κ1) is 11.9. The number of rotatable bonds is 1. The summed E-state index contributed by atoms with van der Waals surface area (Å²) in [5, 5.41) is 9.64. The van der Waals surface area contributed by atoms with Crippen molar-refractivity contribution in [2.75, 3.05) is 19.8 Å². The summed E-state index contributed by atoms with van der Waals surface area (Å²) in [4.78, 5) is 17.8. The van der Waals surface area contributed by atoms with Gasteiger partial charge in [-0.15, -0.1) is 0 Å². The first-order valence-electron chi connectivity index (χ1n) is 5.55. The number of ether oxygens (including phenoxy) is 1. The Bertz CT molecular complexity index is 432. The van der Waals surface area contributed by atoms with Crippen molar-refractivity contribution in [2.24, 2.45) is 0 Å². The van der Waals surface area contributed by atoms with E-state index in [1.807, 2.05) is 13.8 Å². The van der Waals surface area contributed by atoms with Gasteiger partial charge in [-0.2, -0.15) is 0 Å². The molecule has 1 aliphatic heterocycles. The summed E-state index contributed by atoms with van der Waals surface area (Å²) in [5.74, 6) is -0.266. The van der Waals surface area contributed by atoms with Gasteiger partial charge in [0, 0.05) is 12.7 Å². The average molecular weight is 236 g/mol. The van der Waals surface area contributed by atoms with E-state index >= 15 is 0 Å². The highest BCUT2D eigenvalue weighted by molar-refractivity contribution is 5.97. The van der Waals surface area contributed by atoms with Gasteiger partial charge in [-0.3, -0.25) is 9.78 Å². The van der Waals surface area contributed by atoms with E-state index in [0.717, 1.165) is 0 Å². The Morgan fingerprint density at radius 2 is 2.35 bits per heavy atom. The van der Waals surface area contributed by atoms with Gasteiger partial charge in [0.05, 0.1) is 30.5 Å². The van der Waals surface area contributed by atoms with Gasteiger partial charge in [0.1, 0.15) is 5.75 Å². The molecule has 2 rings (SSSR count). The van der Waals surface area contributed by atoms with Crippen LogP contribution in [-0.4, -0.2) is 46.2 Å². The summed E-state index contributed by atoms with van der Waals surface area (Å²) in [5.41, 5.74) is -0.0691. The number of aromatic hydroxyl groups is 1. The predicted molar refractivity (Wildman–Crippen MR) is 61.8 cm³/mol. The van der Waals surface area contributed by atoms with E-state index in [1.54, 1.807) is 4.90 Å². The molecule has 0 radical (unpaired) electrons. The zero-order chi connectivity index (χ0) is 12.5. The summed E-state index contributed by atoms with van der Waals surface area (Å²) >= 11 is 0. The van der Waals surface area contributed by atoms with E-state index in [1.165, 1.54) is 18.5 Å². The van der Waals surface area contributed by atoms with E-state index in [9.17, 15) is 9.90 Å². The quantitative estimate of drug-likeness (QED) is 0.791. The normalized spacial score (nSPS) is 19.1. The maximum Gasteiger partial charge on any atom is 0.258 e. The zero-order valence-corrected chi connectivity index (χ0v) is 10.0. The number of amides is 1. The molecule has 1 aromatic heterocycles. The average Bonchev–Trinajstić information content (AvgIpc) is 2.28. The second kappa shape index (κ2) is 4.33. The fourth-order valence-corrected chi connectivity index (χ4v) is 1.95. The van der Waals surface area contributed by atoms with E-state index < -0.39 is 0 Å². The van der Waals surface area contributed by atoms with Crippen LogP contribution >= 0.6 is 0 Å². The van der Waals surface area contributed by atoms with Crippen molar-refractivity contribution in [2.45, 2.75) is 19.4 Å². The van der Waals surface area contributed by atoms with Crippen molar-refractivity contribution < 1.29 is 14.6 Å². The third-order valence-electron chi connectivity index (χ3n) is 2.92. The van der Waals surface area contributed by atoms with Gasteiger partial charge in [-0.25, -0.2) is 0 Å². The minimum Gasteiger partial charge on any atom is -0.505 e. The van der Waals surface area contributed by atoms with E-state index in [2.05, 4.69) is 4.98 Å². The molecule has 92 valence electrons. The first-order valence-corrected chi connectivity index (χ1v) is 5.55. The molecular formula is C12H16N2O3. The van der Waals surface area contributed by atoms with Gasteiger partial charge in [-0.1, -0.05) is 0 Å². The van der Waals surface area contributed by atoms with Crippen molar-refractivity contribution >= 4 is 5.91 Å². The summed E-state index contributed by atoms with van der Waals surface area (Å²) < 4.78 is 5.36. The van der Waals surface area contributed by atoms with Gasteiger partial charge in [0.2, 0.25) is 0 Å². The highest BCUT2D eigenvalue weighted by Crippen LogP contribution is 2.24. The largest absolute Gasteiger partial charge is 0.505 e. The van der Waals surface area contributed by atoms with Gasteiger partial charge < -0.3 is 14.7 Å². The maximum absolute atomic E-state index is 12.3. The number of nitrogens with zero attached hydrogens (tertiary/aromatic N) is 2. The summed E-state index contributed by atoms with van der Waals surface area (Å²) in [6, 6.07) is 1.53. The number of hydrogen-bond acceptors (Lipinski definition) is 4. The molecule has 0 spiro atoms. The molecule has 2 heterocycles. The molecule has 0 aromatic carbocycles. The molecule has 5 heteroatoms. The fourth-order valence-electron chi connectivity index (χ4n) is 1.95. The summed E-state index contributed by atoms with van der Waals surface area (Å²) in [7, 11) is 0. The number of carbonyl (C=O) groups excluding carboxylic acids is 1. The molecule has 1 amide bonds. The lowest BCUT2D eigenvalue weighted by molar-refractivity contribution is -0.0371. The number of hydrogen-bond donors (Lipinski definition) is 1. The molecule has 0 aliphatic carbocycles. The van der Waals surface area contributed by atoms with Crippen LogP contribution in [0.1, 0.15) is 24.2 Å². The Morgan fingerprint density at radius 3 is 3.00 bits per heavy atom. The number of morpholine rings is 1. The Labute approximate surface area is 100 Å². The topological polar surface area (TPSA) is 62.7 Å². The molecule has 0 bridgehead atoms. The first-order chi connectivity index (χ1) is 8.02. The van der Waals surface area contributed by atoms with Gasteiger partial charge >= 0.3 is 0 Å². The SMILES string of the molecule is CC1(C)COCCN1C(=O)c1ccncc1O. The molecule has 17 heavy (non-hydrogen) atoms. The second-order valence-electron chi connectivity index (χ2n) is 4.71. The molecule has 1 aliphatic rings. The van der Waals surface area contributed by atoms with Crippen LogP contribution in [0.2, 0.25) is 0 Å². The van der Waals surface area contributed by atoms with Crippen LogP contribution < -0.4 is 0 Å². The lowest BCUT2D eigenvalue weighted by atomic mass is 10.0. The van der Waals surface area contributed by atoms with Crippen LogP contribution in [0.4, 0.5) is 0 Å². The van der Waals surface area contributed by atoms with Crippen molar-refractivity contribution in [3.8, 4) is 5.75 Å². The van der Waals surface area contributed by atoms with E-state index in [0.29, 0.717) is 19.8 Å². The van der Waals surface area contributed by atoms with Crippen LogP contribution in [0.15, 0.2) is 18.5 Å². The van der Waals surface area contributed by atoms with Gasteiger partial charge in [-0.05, 0) is 19.9 Å². The van der Waals surface area contributed by atoms with Crippen LogP contribution in [0.5, 0.6) is 5.75 Å². The minimum absolute atomic E-state index is 0.0835. The lowest BCUT2D eigenvalue weighted by Gasteiger charge is -2.42. The Morgan fingerprint density at radius 1 is 1.59 bits per heavy atom. The van der Waals surface area contributed by atoms with Gasteiger partial charge in [0.15, 0.2) is 0 Å². The molecular weight excluding hydrogens is 220 g/mol. The highest BCUT2D eigenvalue weighted by atomic mass is 16.5. The molecule has 0 unspecified atom stereocenters. The summed E-state index contributed by atoms with van der Waals surface area (Å²) in [6.07, 6.45) is 2.78. The lowest BCUT2D eigenvalue weighted by Crippen LogP contribution is -2.55. The third-order valence-corrected chi connectivity index (χ3v) is 2.92. The molecule has 0 atom stereocenters.